The van der Waals surface area contributed by atoms with Crippen LogP contribution in [0.1, 0.15) is 21.5 Å². The fourth-order valence-corrected chi connectivity index (χ4v) is 2.23. The Morgan fingerprint density at radius 3 is 2.64 bits per heavy atom. The van der Waals surface area contributed by atoms with Gasteiger partial charge in [0.25, 0.3) is 5.91 Å². The van der Waals surface area contributed by atoms with E-state index in [0.717, 1.165) is 5.56 Å². The Morgan fingerprint density at radius 2 is 1.95 bits per heavy atom. The molecule has 22 heavy (non-hydrogen) atoms. The van der Waals surface area contributed by atoms with Crippen LogP contribution in [0.5, 0.6) is 0 Å². The largest absolute Gasteiger partial charge is 0.399 e. The number of carbonyl (C=O) groups is 1. The third kappa shape index (κ3) is 4.81. The molecule has 5 nitrogen and oxygen atoms in total. The van der Waals surface area contributed by atoms with E-state index in [1.54, 1.807) is 36.9 Å². The van der Waals surface area contributed by atoms with Crippen LogP contribution in [0.2, 0.25) is 0 Å². The lowest BCUT2D eigenvalue weighted by atomic mass is 10.1. The molecule has 1 aromatic heterocycles. The first-order chi connectivity index (χ1) is 10.3. The molecule has 3 N–H and O–H groups in total. The molecule has 1 amide bonds. The van der Waals surface area contributed by atoms with Gasteiger partial charge in [0.1, 0.15) is 0 Å². The van der Waals surface area contributed by atoms with Crippen LogP contribution < -0.4 is 5.73 Å². The molecule has 6 heteroatoms. The summed E-state index contributed by atoms with van der Waals surface area (Å²) in [6.45, 7) is 0. The van der Waals surface area contributed by atoms with Gasteiger partial charge in [0.2, 0.25) is 0 Å². The average molecular weight is 315 g/mol. The van der Waals surface area contributed by atoms with Gasteiger partial charge in [-0.15, -0.1) is 10.1 Å². The first-order valence-electron chi connectivity index (χ1n) is 6.50. The first kappa shape index (κ1) is 15.9. The van der Waals surface area contributed by atoms with Crippen molar-refractivity contribution >= 4 is 21.7 Å². The number of aromatic nitrogens is 1. The maximum Gasteiger partial charge on any atom is 0.284 e. The molecule has 0 saturated heterocycles. The van der Waals surface area contributed by atoms with Crippen LogP contribution in [-0.4, -0.2) is 28.0 Å². The number of rotatable bonds is 1. The maximum atomic E-state index is 11.9. The van der Waals surface area contributed by atoms with Crippen molar-refractivity contribution in [3.63, 3.8) is 0 Å². The molecule has 0 atom stereocenters. The molecule has 0 saturated carbocycles. The van der Waals surface area contributed by atoms with Gasteiger partial charge < -0.3 is 10.3 Å². The highest BCUT2D eigenvalue weighted by Crippen LogP contribution is 2.08. The van der Waals surface area contributed by atoms with E-state index in [0.29, 0.717) is 16.8 Å². The van der Waals surface area contributed by atoms with E-state index in [2.05, 4.69) is 21.2 Å². The molecule has 0 aliphatic rings. The molecular weight excluding hydrogens is 298 g/mol. The van der Waals surface area contributed by atoms with Crippen molar-refractivity contribution in [3.8, 4) is 11.8 Å². The third-order valence-electron chi connectivity index (χ3n) is 2.56. The normalized spacial score (nSPS) is 11.2. The minimum absolute atomic E-state index is 0.307. The molecule has 0 unspecified atom stereocenters. The topological polar surface area (TPSA) is 88.6 Å². The summed E-state index contributed by atoms with van der Waals surface area (Å²) >= 11 is 0. The number of amides is 1. The Bertz CT molecular complexity index is 820. The molecule has 114 valence electrons. The lowest BCUT2D eigenvalue weighted by Crippen LogP contribution is -2.08. The van der Waals surface area contributed by atoms with Crippen molar-refractivity contribution < 1.29 is 9.35 Å². The van der Waals surface area contributed by atoms with E-state index < -0.39 is 16.0 Å². The molecule has 0 radical (unpaired) electrons. The zero-order valence-corrected chi connectivity index (χ0v) is 13.2. The van der Waals surface area contributed by atoms with Gasteiger partial charge >= 0.3 is 0 Å². The van der Waals surface area contributed by atoms with Crippen LogP contribution in [0.25, 0.3) is 0 Å². The Balaban J connectivity index is 2.29. The van der Waals surface area contributed by atoms with Gasteiger partial charge in [0.05, 0.1) is 5.56 Å². The Kier molecular flexibility index (Phi) is 4.71. The molecule has 0 bridgehead atoms. The minimum Gasteiger partial charge on any atom is -0.399 e. The van der Waals surface area contributed by atoms with Crippen molar-refractivity contribution in [1.82, 2.24) is 4.98 Å². The van der Waals surface area contributed by atoms with Gasteiger partial charge in [0.15, 0.2) is 0 Å². The van der Waals surface area contributed by atoms with Gasteiger partial charge in [-0.3, -0.25) is 9.78 Å². The summed E-state index contributed by atoms with van der Waals surface area (Å²) in [5, 5.41) is 0. The highest BCUT2D eigenvalue weighted by Gasteiger charge is 2.06. The van der Waals surface area contributed by atoms with E-state index in [1.807, 2.05) is 12.1 Å². The molecule has 0 fully saturated rings. The standard InChI is InChI=1S/C16H17N3O2S/c1-22(2,21)19-16(20)14-8-13(10-18-11-14)7-6-12-4-3-5-15(17)9-12/h3-5,8-11,22H,17H2,1-2H3,(H,19,20,21). The summed E-state index contributed by atoms with van der Waals surface area (Å²) in [7, 11) is -2.52. The third-order valence-corrected chi connectivity index (χ3v) is 3.23. The van der Waals surface area contributed by atoms with Crippen LogP contribution in [0.15, 0.2) is 47.1 Å². The van der Waals surface area contributed by atoms with E-state index in [4.69, 9.17) is 5.73 Å². The number of nitrogens with zero attached hydrogens (tertiary/aromatic N) is 2. The van der Waals surface area contributed by atoms with Crippen LogP contribution in [0, 0.1) is 11.8 Å². The number of hydrogen-bond donors (Lipinski definition) is 3. The fraction of sp³-hybridized carbons (Fsp3) is 0.125. The predicted octanol–water partition coefficient (Wildman–Crippen LogP) is 2.01. The summed E-state index contributed by atoms with van der Waals surface area (Å²) < 4.78 is 13.4. The summed E-state index contributed by atoms with van der Waals surface area (Å²) in [5.74, 6) is 5.41. The van der Waals surface area contributed by atoms with Crippen LogP contribution in [0.4, 0.5) is 5.69 Å². The van der Waals surface area contributed by atoms with E-state index in [9.17, 15) is 9.35 Å². The second kappa shape index (κ2) is 6.52. The van der Waals surface area contributed by atoms with E-state index >= 15 is 0 Å². The Labute approximate surface area is 130 Å². The number of hydrogen-bond acceptors (Lipinski definition) is 3. The second-order valence-electron chi connectivity index (χ2n) is 5.08. The Morgan fingerprint density at radius 1 is 1.23 bits per heavy atom. The molecular formula is C16H17N3O2S. The predicted molar refractivity (Wildman–Crippen MR) is 91.1 cm³/mol. The SMILES string of the molecule is C[SH](C)(O)=NC(=O)c1cncc(C#Cc2cccc(N)c2)c1. The first-order valence-corrected chi connectivity index (χ1v) is 9.09. The number of thiol groups is 1. The molecule has 0 aliphatic carbocycles. The van der Waals surface area contributed by atoms with E-state index in [-0.39, 0.29) is 0 Å². The summed E-state index contributed by atoms with van der Waals surface area (Å²) in [6, 6.07) is 8.83. The smallest absolute Gasteiger partial charge is 0.284 e. The minimum atomic E-state index is -2.52. The van der Waals surface area contributed by atoms with Crippen LogP contribution in [0.3, 0.4) is 0 Å². The Hall–Kier alpha value is -2.49. The van der Waals surface area contributed by atoms with Gasteiger partial charge in [0, 0.05) is 29.2 Å². The zero-order valence-electron chi connectivity index (χ0n) is 12.3. The number of pyridine rings is 1. The summed E-state index contributed by atoms with van der Waals surface area (Å²) in [5.41, 5.74) is 8.02. The van der Waals surface area contributed by atoms with Crippen molar-refractivity contribution in [2.45, 2.75) is 0 Å². The van der Waals surface area contributed by atoms with Gasteiger partial charge in [-0.05, 0) is 36.8 Å². The number of nitrogens with two attached hydrogens (primary N) is 1. The zero-order chi connectivity index (χ0) is 16.2. The highest BCUT2D eigenvalue weighted by molar-refractivity contribution is 7.98. The summed E-state index contributed by atoms with van der Waals surface area (Å²) in [6.07, 6.45) is 6.06. The lowest BCUT2D eigenvalue weighted by molar-refractivity contribution is 0.100. The van der Waals surface area contributed by atoms with Crippen molar-refractivity contribution in [2.75, 3.05) is 18.2 Å². The number of nitrogen functional groups attached to an aromatic ring is 1. The van der Waals surface area contributed by atoms with Gasteiger partial charge in [-0.25, -0.2) is 0 Å². The quantitative estimate of drug-likeness (QED) is 0.427. The van der Waals surface area contributed by atoms with Crippen LogP contribution in [-0.2, 0) is 10.1 Å². The monoisotopic (exact) mass is 315 g/mol. The molecule has 2 aromatic rings. The van der Waals surface area contributed by atoms with Crippen molar-refractivity contribution in [2.24, 2.45) is 4.36 Å². The number of carbonyl (C=O) groups excluding carboxylic acids is 1. The highest BCUT2D eigenvalue weighted by atomic mass is 32.3. The lowest BCUT2D eigenvalue weighted by Gasteiger charge is -2.09. The maximum absolute atomic E-state index is 11.9. The average Bonchev–Trinajstić information content (AvgIpc) is 2.44. The van der Waals surface area contributed by atoms with Crippen LogP contribution >= 0.6 is 0 Å². The molecule has 2 rings (SSSR count). The number of benzene rings is 1. The van der Waals surface area contributed by atoms with E-state index in [1.165, 1.54) is 6.20 Å². The van der Waals surface area contributed by atoms with Gasteiger partial charge in [-0.1, -0.05) is 17.9 Å². The molecule has 1 heterocycles. The van der Waals surface area contributed by atoms with Gasteiger partial charge in [-0.2, -0.15) is 4.36 Å². The van der Waals surface area contributed by atoms with Crippen molar-refractivity contribution in [1.29, 1.82) is 0 Å². The molecule has 1 aromatic carbocycles. The fourth-order valence-electron chi connectivity index (χ4n) is 1.67. The second-order valence-corrected chi connectivity index (χ2v) is 7.95. The summed E-state index contributed by atoms with van der Waals surface area (Å²) in [4.78, 5) is 15.9. The van der Waals surface area contributed by atoms with Crippen molar-refractivity contribution in [3.05, 3.63) is 59.4 Å². The number of anilines is 1. The molecule has 0 aliphatic heterocycles. The molecule has 0 spiro atoms.